The van der Waals surface area contributed by atoms with E-state index in [1.54, 1.807) is 0 Å². The highest BCUT2D eigenvalue weighted by Gasteiger charge is 2.33. The van der Waals surface area contributed by atoms with Crippen LogP contribution in [0.25, 0.3) is 0 Å². The minimum Gasteiger partial charge on any atom is -0.355 e. The van der Waals surface area contributed by atoms with Crippen LogP contribution in [-0.4, -0.2) is 70.4 Å². The Hall–Kier alpha value is -1.61. The third-order valence-electron chi connectivity index (χ3n) is 4.52. The van der Waals surface area contributed by atoms with E-state index in [4.69, 9.17) is 0 Å². The van der Waals surface area contributed by atoms with Gasteiger partial charge in [-0.05, 0) is 19.3 Å². The number of H-pyrrole nitrogens is 1. The van der Waals surface area contributed by atoms with Crippen molar-refractivity contribution >= 4 is 23.6 Å². The number of hydrogen-bond acceptors (Lipinski definition) is 6. The fourth-order valence-electron chi connectivity index (χ4n) is 3.26. The van der Waals surface area contributed by atoms with E-state index >= 15 is 0 Å². The number of likely N-dealkylation sites (tertiary alicyclic amines) is 1. The fourth-order valence-corrected chi connectivity index (χ4v) is 3.89. The number of amides is 2. The minimum atomic E-state index is -0.134. The van der Waals surface area contributed by atoms with Crippen molar-refractivity contribution in [3.63, 3.8) is 0 Å². The first-order valence-electron chi connectivity index (χ1n) is 8.49. The van der Waals surface area contributed by atoms with Crippen LogP contribution in [0.3, 0.4) is 0 Å². The lowest BCUT2D eigenvalue weighted by Gasteiger charge is -2.31. The zero-order chi connectivity index (χ0) is 16.8. The van der Waals surface area contributed by atoms with Gasteiger partial charge in [0.25, 0.3) is 0 Å². The quantitative estimate of drug-likeness (QED) is 0.486. The number of carbonyl (C=O) groups is 2. The first-order chi connectivity index (χ1) is 11.7. The molecule has 3 N–H and O–H groups in total. The molecule has 2 saturated heterocycles. The lowest BCUT2D eigenvalue weighted by molar-refractivity contribution is -0.136. The standard InChI is InChI=1S/C15H24N6O2S/c22-13(17-3-6-24-15-18-10-19-20-15)11-7-12(9-16-8-11)14(23)21-4-1-2-5-21/h10-12,16H,1-9H2,(H,17,22)(H,18,19,20)/t11-,12-/m1/s1. The van der Waals surface area contributed by atoms with Crippen LogP contribution in [0.1, 0.15) is 19.3 Å². The molecule has 3 rings (SSSR count). The van der Waals surface area contributed by atoms with E-state index in [-0.39, 0.29) is 23.7 Å². The van der Waals surface area contributed by atoms with Gasteiger partial charge in [0.15, 0.2) is 5.16 Å². The van der Waals surface area contributed by atoms with Crippen molar-refractivity contribution in [2.45, 2.75) is 24.4 Å². The van der Waals surface area contributed by atoms with Crippen molar-refractivity contribution in [2.75, 3.05) is 38.5 Å². The largest absolute Gasteiger partial charge is 0.355 e. The summed E-state index contributed by atoms with van der Waals surface area (Å²) < 4.78 is 0. The molecule has 2 aliphatic rings. The summed E-state index contributed by atoms with van der Waals surface area (Å²) in [5.41, 5.74) is 0. The Morgan fingerprint density at radius 3 is 2.83 bits per heavy atom. The van der Waals surface area contributed by atoms with Gasteiger partial charge in [0, 0.05) is 38.5 Å². The monoisotopic (exact) mass is 352 g/mol. The lowest BCUT2D eigenvalue weighted by Crippen LogP contribution is -2.49. The number of hydrogen-bond donors (Lipinski definition) is 3. The summed E-state index contributed by atoms with van der Waals surface area (Å²) in [5.74, 6) is 0.761. The normalized spacial score (nSPS) is 24.1. The molecule has 3 heterocycles. The van der Waals surface area contributed by atoms with Gasteiger partial charge >= 0.3 is 0 Å². The van der Waals surface area contributed by atoms with Gasteiger partial charge in [-0.15, -0.1) is 0 Å². The van der Waals surface area contributed by atoms with Gasteiger partial charge in [-0.2, -0.15) is 5.10 Å². The molecular formula is C15H24N6O2S. The van der Waals surface area contributed by atoms with Crippen molar-refractivity contribution in [1.29, 1.82) is 0 Å². The number of rotatable bonds is 6. The van der Waals surface area contributed by atoms with E-state index in [0.717, 1.165) is 36.8 Å². The second kappa shape index (κ2) is 8.48. The molecule has 8 nitrogen and oxygen atoms in total. The van der Waals surface area contributed by atoms with Gasteiger partial charge < -0.3 is 15.5 Å². The Kier molecular flexibility index (Phi) is 6.08. The van der Waals surface area contributed by atoms with E-state index in [2.05, 4.69) is 25.8 Å². The molecule has 2 atom stereocenters. The summed E-state index contributed by atoms with van der Waals surface area (Å²) in [4.78, 5) is 30.8. The smallest absolute Gasteiger partial charge is 0.226 e. The van der Waals surface area contributed by atoms with Crippen molar-refractivity contribution < 1.29 is 9.59 Å². The van der Waals surface area contributed by atoms with Crippen molar-refractivity contribution in [2.24, 2.45) is 11.8 Å². The average Bonchev–Trinajstić information content (AvgIpc) is 3.31. The van der Waals surface area contributed by atoms with Crippen molar-refractivity contribution in [3.05, 3.63) is 6.33 Å². The molecule has 0 aromatic carbocycles. The lowest BCUT2D eigenvalue weighted by atomic mass is 9.89. The molecule has 1 aromatic heterocycles. The second-order valence-corrected chi connectivity index (χ2v) is 7.33. The Morgan fingerprint density at radius 2 is 2.08 bits per heavy atom. The molecule has 0 aliphatic carbocycles. The van der Waals surface area contributed by atoms with Gasteiger partial charge in [-0.1, -0.05) is 11.8 Å². The first kappa shape index (κ1) is 17.2. The first-order valence-corrected chi connectivity index (χ1v) is 9.48. The maximum atomic E-state index is 12.5. The molecule has 0 spiro atoms. The number of aromatic nitrogens is 3. The maximum Gasteiger partial charge on any atom is 0.226 e. The summed E-state index contributed by atoms with van der Waals surface area (Å²) in [6, 6.07) is 0. The fraction of sp³-hybridized carbons (Fsp3) is 0.733. The van der Waals surface area contributed by atoms with Gasteiger partial charge in [-0.3, -0.25) is 14.7 Å². The van der Waals surface area contributed by atoms with E-state index in [9.17, 15) is 9.59 Å². The summed E-state index contributed by atoms with van der Waals surface area (Å²) in [7, 11) is 0. The van der Waals surface area contributed by atoms with Crippen LogP contribution in [0.5, 0.6) is 0 Å². The number of nitrogens with one attached hydrogen (secondary N) is 3. The number of nitrogens with zero attached hydrogens (tertiary/aromatic N) is 3. The van der Waals surface area contributed by atoms with Crippen molar-refractivity contribution in [1.82, 2.24) is 30.7 Å². The van der Waals surface area contributed by atoms with Crippen LogP contribution >= 0.6 is 11.8 Å². The molecule has 2 aliphatic heterocycles. The molecule has 0 bridgehead atoms. The topological polar surface area (TPSA) is 103 Å². The van der Waals surface area contributed by atoms with Crippen LogP contribution in [0.15, 0.2) is 11.5 Å². The molecular weight excluding hydrogens is 328 g/mol. The molecule has 132 valence electrons. The Bertz CT molecular complexity index is 546. The van der Waals surface area contributed by atoms with E-state index < -0.39 is 0 Å². The predicted molar refractivity (Wildman–Crippen MR) is 90.4 cm³/mol. The van der Waals surface area contributed by atoms with Crippen LogP contribution < -0.4 is 10.6 Å². The Balaban J connectivity index is 1.40. The number of carbonyl (C=O) groups excluding carboxylic acids is 2. The van der Waals surface area contributed by atoms with Crippen LogP contribution in [-0.2, 0) is 9.59 Å². The highest BCUT2D eigenvalue weighted by atomic mass is 32.2. The maximum absolute atomic E-state index is 12.5. The molecule has 0 unspecified atom stereocenters. The summed E-state index contributed by atoms with van der Waals surface area (Å²) in [6.07, 6.45) is 4.30. The third kappa shape index (κ3) is 4.47. The zero-order valence-corrected chi connectivity index (χ0v) is 14.5. The van der Waals surface area contributed by atoms with Gasteiger partial charge in [0.2, 0.25) is 11.8 Å². The van der Waals surface area contributed by atoms with Crippen LogP contribution in [0.2, 0.25) is 0 Å². The molecule has 2 fully saturated rings. The van der Waals surface area contributed by atoms with Crippen molar-refractivity contribution in [3.8, 4) is 0 Å². The summed E-state index contributed by atoms with van der Waals surface area (Å²) >= 11 is 1.52. The average molecular weight is 352 g/mol. The number of piperidine rings is 1. The van der Waals surface area contributed by atoms with Gasteiger partial charge in [-0.25, -0.2) is 4.98 Å². The SMILES string of the molecule is O=C(NCCSc1ncn[nH]1)[C@H]1CNC[C@H](C(=O)N2CCCC2)C1. The van der Waals surface area contributed by atoms with Crippen LogP contribution in [0, 0.1) is 11.8 Å². The van der Waals surface area contributed by atoms with E-state index in [1.165, 1.54) is 18.1 Å². The second-order valence-electron chi connectivity index (χ2n) is 6.25. The number of aromatic amines is 1. The third-order valence-corrected chi connectivity index (χ3v) is 5.40. The molecule has 9 heteroatoms. The van der Waals surface area contributed by atoms with E-state index in [1.807, 2.05) is 4.90 Å². The molecule has 1 aromatic rings. The van der Waals surface area contributed by atoms with Crippen LogP contribution in [0.4, 0.5) is 0 Å². The zero-order valence-electron chi connectivity index (χ0n) is 13.7. The molecule has 2 amide bonds. The molecule has 24 heavy (non-hydrogen) atoms. The predicted octanol–water partition coefficient (Wildman–Crippen LogP) is -0.139. The highest BCUT2D eigenvalue weighted by molar-refractivity contribution is 7.99. The van der Waals surface area contributed by atoms with Gasteiger partial charge in [0.05, 0.1) is 11.8 Å². The highest BCUT2D eigenvalue weighted by Crippen LogP contribution is 2.21. The Labute approximate surface area is 145 Å². The Morgan fingerprint density at radius 1 is 1.29 bits per heavy atom. The number of thioether (sulfide) groups is 1. The summed E-state index contributed by atoms with van der Waals surface area (Å²) in [5, 5.41) is 13.5. The molecule has 0 radical (unpaired) electrons. The van der Waals surface area contributed by atoms with E-state index in [0.29, 0.717) is 26.1 Å². The van der Waals surface area contributed by atoms with Gasteiger partial charge in [0.1, 0.15) is 6.33 Å². The summed E-state index contributed by atoms with van der Waals surface area (Å²) in [6.45, 7) is 3.63. The molecule has 0 saturated carbocycles. The minimum absolute atomic E-state index is 0.0274.